The Bertz CT molecular complexity index is 540. The van der Waals surface area contributed by atoms with Gasteiger partial charge in [0.05, 0.1) is 5.56 Å². The molecule has 1 fully saturated rings. The molecule has 0 saturated carbocycles. The summed E-state index contributed by atoms with van der Waals surface area (Å²) in [5.74, 6) is 0.379. The van der Waals surface area contributed by atoms with E-state index < -0.39 is 0 Å². The third kappa shape index (κ3) is 4.41. The molecule has 0 aliphatic carbocycles. The van der Waals surface area contributed by atoms with Crippen LogP contribution in [-0.2, 0) is 4.79 Å². The zero-order valence-corrected chi connectivity index (χ0v) is 13.2. The van der Waals surface area contributed by atoms with Crippen LogP contribution in [0.5, 0.6) is 0 Å². The van der Waals surface area contributed by atoms with Gasteiger partial charge >= 0.3 is 0 Å². The predicted molar refractivity (Wildman–Crippen MR) is 85.3 cm³/mol. The standard InChI is InChI=1S/C17H23N3O2/c1-14(2)6-7-16(21)19-9-4-10-20(12-11-19)17(22)15-5-3-8-18-13-15/h3,5-8,13-14H,4,9-12H2,1-2H3/b7-6+. The van der Waals surface area contributed by atoms with Gasteiger partial charge in [0.1, 0.15) is 0 Å². The summed E-state index contributed by atoms with van der Waals surface area (Å²) in [6.45, 7) is 6.59. The zero-order valence-electron chi connectivity index (χ0n) is 13.2. The minimum Gasteiger partial charge on any atom is -0.337 e. The Kier molecular flexibility index (Phi) is 5.69. The molecule has 1 aliphatic heterocycles. The number of allylic oxidation sites excluding steroid dienone is 1. The molecule has 22 heavy (non-hydrogen) atoms. The van der Waals surface area contributed by atoms with Crippen LogP contribution in [-0.4, -0.2) is 52.8 Å². The van der Waals surface area contributed by atoms with Gasteiger partial charge in [0.2, 0.25) is 5.91 Å². The summed E-state index contributed by atoms with van der Waals surface area (Å²) in [4.78, 5) is 32.1. The summed E-state index contributed by atoms with van der Waals surface area (Å²) >= 11 is 0. The maximum atomic E-state index is 12.4. The molecule has 5 nitrogen and oxygen atoms in total. The number of hydrogen-bond donors (Lipinski definition) is 0. The smallest absolute Gasteiger partial charge is 0.255 e. The fraction of sp³-hybridized carbons (Fsp3) is 0.471. The molecule has 0 radical (unpaired) electrons. The molecule has 1 saturated heterocycles. The van der Waals surface area contributed by atoms with Gasteiger partial charge in [-0.1, -0.05) is 19.9 Å². The molecule has 1 aromatic rings. The first-order valence-electron chi connectivity index (χ1n) is 7.74. The highest BCUT2D eigenvalue weighted by Crippen LogP contribution is 2.09. The van der Waals surface area contributed by atoms with Gasteiger partial charge in [-0.25, -0.2) is 0 Å². The van der Waals surface area contributed by atoms with E-state index in [2.05, 4.69) is 4.98 Å². The highest BCUT2D eigenvalue weighted by molar-refractivity contribution is 5.94. The van der Waals surface area contributed by atoms with Gasteiger partial charge in [-0.05, 0) is 30.5 Å². The van der Waals surface area contributed by atoms with E-state index in [1.54, 1.807) is 35.5 Å². The fourth-order valence-corrected chi connectivity index (χ4v) is 2.39. The number of carbonyl (C=O) groups excluding carboxylic acids is 2. The molecule has 0 N–H and O–H groups in total. The van der Waals surface area contributed by atoms with Crippen LogP contribution in [0.3, 0.4) is 0 Å². The number of aromatic nitrogens is 1. The minimum absolute atomic E-state index is 0.0138. The van der Waals surface area contributed by atoms with Gasteiger partial charge in [0.15, 0.2) is 0 Å². The second kappa shape index (κ2) is 7.73. The highest BCUT2D eigenvalue weighted by Gasteiger charge is 2.21. The van der Waals surface area contributed by atoms with Crippen LogP contribution in [0, 0.1) is 5.92 Å². The Morgan fingerprint density at radius 3 is 2.59 bits per heavy atom. The molecule has 2 heterocycles. The van der Waals surface area contributed by atoms with E-state index >= 15 is 0 Å². The van der Waals surface area contributed by atoms with Crippen molar-refractivity contribution < 1.29 is 9.59 Å². The van der Waals surface area contributed by atoms with E-state index in [4.69, 9.17) is 0 Å². The highest BCUT2D eigenvalue weighted by atomic mass is 16.2. The molecule has 0 unspecified atom stereocenters. The zero-order chi connectivity index (χ0) is 15.9. The molecule has 2 rings (SSSR count). The van der Waals surface area contributed by atoms with Crippen LogP contribution < -0.4 is 0 Å². The lowest BCUT2D eigenvalue weighted by Gasteiger charge is -2.21. The van der Waals surface area contributed by atoms with Crippen molar-refractivity contribution in [3.05, 3.63) is 42.2 Å². The van der Waals surface area contributed by atoms with Gasteiger partial charge in [0.25, 0.3) is 5.91 Å². The first-order chi connectivity index (χ1) is 10.6. The summed E-state index contributed by atoms with van der Waals surface area (Å²) in [7, 11) is 0. The Morgan fingerprint density at radius 1 is 1.18 bits per heavy atom. The van der Waals surface area contributed by atoms with E-state index in [-0.39, 0.29) is 11.8 Å². The minimum atomic E-state index is -0.0138. The van der Waals surface area contributed by atoms with Crippen molar-refractivity contribution in [3.63, 3.8) is 0 Å². The topological polar surface area (TPSA) is 53.5 Å². The molecule has 0 aromatic carbocycles. The van der Waals surface area contributed by atoms with Crippen molar-refractivity contribution in [1.82, 2.24) is 14.8 Å². The molecule has 1 aromatic heterocycles. The summed E-state index contributed by atoms with van der Waals surface area (Å²) in [5, 5.41) is 0. The van der Waals surface area contributed by atoms with E-state index in [1.807, 2.05) is 24.8 Å². The van der Waals surface area contributed by atoms with Crippen LogP contribution in [0.15, 0.2) is 36.7 Å². The summed E-state index contributed by atoms with van der Waals surface area (Å²) in [5.41, 5.74) is 0.599. The second-order valence-corrected chi connectivity index (χ2v) is 5.82. The number of nitrogens with zero attached hydrogens (tertiary/aromatic N) is 3. The molecule has 0 atom stereocenters. The van der Waals surface area contributed by atoms with Gasteiger partial charge in [-0.3, -0.25) is 14.6 Å². The van der Waals surface area contributed by atoms with E-state index in [0.29, 0.717) is 37.7 Å². The second-order valence-electron chi connectivity index (χ2n) is 5.82. The van der Waals surface area contributed by atoms with Crippen molar-refractivity contribution in [2.75, 3.05) is 26.2 Å². The van der Waals surface area contributed by atoms with Crippen molar-refractivity contribution >= 4 is 11.8 Å². The molecule has 0 bridgehead atoms. The summed E-state index contributed by atoms with van der Waals surface area (Å²) < 4.78 is 0. The fourth-order valence-electron chi connectivity index (χ4n) is 2.39. The largest absolute Gasteiger partial charge is 0.337 e. The third-order valence-corrected chi connectivity index (χ3v) is 3.63. The SMILES string of the molecule is CC(C)/C=C/C(=O)N1CCCN(C(=O)c2cccnc2)CC1. The van der Waals surface area contributed by atoms with Crippen LogP contribution in [0.2, 0.25) is 0 Å². The van der Waals surface area contributed by atoms with Crippen molar-refractivity contribution in [2.24, 2.45) is 5.92 Å². The van der Waals surface area contributed by atoms with Gasteiger partial charge < -0.3 is 9.80 Å². The number of hydrogen-bond acceptors (Lipinski definition) is 3. The molecule has 2 amide bonds. The summed E-state index contributed by atoms with van der Waals surface area (Å²) in [6.07, 6.45) is 7.59. The van der Waals surface area contributed by atoms with Gasteiger partial charge in [-0.15, -0.1) is 0 Å². The Balaban J connectivity index is 1.95. The molecule has 118 valence electrons. The number of pyridine rings is 1. The van der Waals surface area contributed by atoms with Gasteiger partial charge in [-0.2, -0.15) is 0 Å². The summed E-state index contributed by atoms with van der Waals surface area (Å²) in [6, 6.07) is 3.53. The third-order valence-electron chi connectivity index (χ3n) is 3.63. The normalized spacial score (nSPS) is 16.1. The van der Waals surface area contributed by atoms with Crippen LogP contribution >= 0.6 is 0 Å². The Morgan fingerprint density at radius 2 is 1.91 bits per heavy atom. The van der Waals surface area contributed by atoms with Gasteiger partial charge in [0, 0.05) is 38.6 Å². The van der Waals surface area contributed by atoms with Crippen molar-refractivity contribution in [3.8, 4) is 0 Å². The lowest BCUT2D eigenvalue weighted by molar-refractivity contribution is -0.125. The number of carbonyl (C=O) groups is 2. The number of rotatable bonds is 3. The van der Waals surface area contributed by atoms with E-state index in [1.165, 1.54) is 0 Å². The average molecular weight is 301 g/mol. The molecule has 1 aliphatic rings. The first kappa shape index (κ1) is 16.2. The van der Waals surface area contributed by atoms with E-state index in [9.17, 15) is 9.59 Å². The Labute approximate surface area is 131 Å². The Hall–Kier alpha value is -2.17. The van der Waals surface area contributed by atoms with Crippen LogP contribution in [0.4, 0.5) is 0 Å². The quantitative estimate of drug-likeness (QED) is 0.802. The maximum absolute atomic E-state index is 12.4. The number of amides is 2. The molecule has 0 spiro atoms. The molecule has 5 heteroatoms. The average Bonchev–Trinajstić information content (AvgIpc) is 2.78. The predicted octanol–water partition coefficient (Wildman–Crippen LogP) is 1.97. The van der Waals surface area contributed by atoms with Crippen molar-refractivity contribution in [1.29, 1.82) is 0 Å². The van der Waals surface area contributed by atoms with Crippen LogP contribution in [0.1, 0.15) is 30.6 Å². The molecular formula is C17H23N3O2. The lowest BCUT2D eigenvalue weighted by Crippen LogP contribution is -2.36. The van der Waals surface area contributed by atoms with Crippen LogP contribution in [0.25, 0.3) is 0 Å². The van der Waals surface area contributed by atoms with Crippen molar-refractivity contribution in [2.45, 2.75) is 20.3 Å². The maximum Gasteiger partial charge on any atom is 0.255 e. The van der Waals surface area contributed by atoms with E-state index in [0.717, 1.165) is 6.42 Å². The first-order valence-corrected chi connectivity index (χ1v) is 7.74. The lowest BCUT2D eigenvalue weighted by atomic mass is 10.2. The monoisotopic (exact) mass is 301 g/mol. The molecular weight excluding hydrogens is 278 g/mol.